The number of carbonyl (C=O) groups excluding carboxylic acids is 1. The standard InChI is InChI=1S/C64H129NO4/c1-3-5-7-9-11-13-15-17-19-21-23-25-27-28-29-30-31-32-33-34-35-37-39-41-43-45-47-49-51-53-55-57-59-63(68)64(69)65-61(60-66)62(67)58-56-54-52-50-48-46-44-42-40-38-36-26-24-22-20-18-16-14-12-10-8-6-4-2/h61-63,66-68H,3-60H2,1-2H3,(H,65,69). The molecule has 69 heavy (non-hydrogen) atoms. The topological polar surface area (TPSA) is 89.8 Å². The van der Waals surface area contributed by atoms with Gasteiger partial charge in [-0.1, -0.05) is 367 Å². The Morgan fingerprint density at radius 1 is 0.290 bits per heavy atom. The van der Waals surface area contributed by atoms with E-state index in [9.17, 15) is 20.1 Å². The van der Waals surface area contributed by atoms with Crippen LogP contribution in [0.25, 0.3) is 0 Å². The number of nitrogens with one attached hydrogen (secondary N) is 1. The lowest BCUT2D eigenvalue weighted by atomic mass is 10.0. The summed E-state index contributed by atoms with van der Waals surface area (Å²) in [7, 11) is 0. The molecule has 3 atom stereocenters. The normalized spacial score (nSPS) is 13.1. The Morgan fingerprint density at radius 3 is 0.652 bits per heavy atom. The Morgan fingerprint density at radius 2 is 0.464 bits per heavy atom. The van der Waals surface area contributed by atoms with Gasteiger partial charge >= 0.3 is 0 Å². The molecule has 0 radical (unpaired) electrons. The Hall–Kier alpha value is -0.650. The van der Waals surface area contributed by atoms with Crippen LogP contribution in [0.5, 0.6) is 0 Å². The van der Waals surface area contributed by atoms with Crippen molar-refractivity contribution in [2.45, 2.75) is 398 Å². The van der Waals surface area contributed by atoms with Crippen molar-refractivity contribution in [3.8, 4) is 0 Å². The number of amides is 1. The van der Waals surface area contributed by atoms with Crippen LogP contribution in [0, 0.1) is 0 Å². The van der Waals surface area contributed by atoms with Crippen LogP contribution >= 0.6 is 0 Å². The van der Waals surface area contributed by atoms with Crippen molar-refractivity contribution >= 4 is 5.91 Å². The SMILES string of the molecule is CCCCCCCCCCCCCCCCCCCCCCCCCCCCCCCCCCC(O)C(=O)NC(CO)C(O)CCCCCCCCCCCCCCCCCCCCCCCCC. The van der Waals surface area contributed by atoms with Gasteiger partial charge in [0.1, 0.15) is 6.10 Å². The summed E-state index contributed by atoms with van der Waals surface area (Å²) in [5.74, 6) is -0.460. The van der Waals surface area contributed by atoms with Crippen molar-refractivity contribution in [2.75, 3.05) is 6.61 Å². The Balaban J connectivity index is 3.44. The summed E-state index contributed by atoms with van der Waals surface area (Å²) < 4.78 is 0. The molecule has 5 nitrogen and oxygen atoms in total. The van der Waals surface area contributed by atoms with Crippen molar-refractivity contribution in [3.05, 3.63) is 0 Å². The lowest BCUT2D eigenvalue weighted by molar-refractivity contribution is -0.131. The lowest BCUT2D eigenvalue weighted by Crippen LogP contribution is -2.49. The highest BCUT2D eigenvalue weighted by atomic mass is 16.3. The van der Waals surface area contributed by atoms with Gasteiger partial charge in [-0.25, -0.2) is 0 Å². The molecule has 0 spiro atoms. The van der Waals surface area contributed by atoms with E-state index in [-0.39, 0.29) is 6.61 Å². The van der Waals surface area contributed by atoms with Crippen LogP contribution in [-0.2, 0) is 4.79 Å². The summed E-state index contributed by atoms with van der Waals surface area (Å²) in [5, 5.41) is 33.7. The van der Waals surface area contributed by atoms with Gasteiger partial charge in [0.05, 0.1) is 18.8 Å². The number of aliphatic hydroxyl groups excluding tert-OH is 3. The Labute approximate surface area is 434 Å². The highest BCUT2D eigenvalue weighted by molar-refractivity contribution is 5.80. The van der Waals surface area contributed by atoms with Gasteiger partial charge in [-0.3, -0.25) is 4.79 Å². The van der Waals surface area contributed by atoms with Gasteiger partial charge in [-0.15, -0.1) is 0 Å². The van der Waals surface area contributed by atoms with Crippen molar-refractivity contribution in [1.29, 1.82) is 0 Å². The second-order valence-electron chi connectivity index (χ2n) is 22.7. The van der Waals surface area contributed by atoms with Crippen LogP contribution in [0.4, 0.5) is 0 Å². The minimum absolute atomic E-state index is 0.307. The number of rotatable bonds is 61. The second kappa shape index (κ2) is 59.9. The van der Waals surface area contributed by atoms with Crippen LogP contribution in [0.15, 0.2) is 0 Å². The highest BCUT2D eigenvalue weighted by Crippen LogP contribution is 2.20. The van der Waals surface area contributed by atoms with Gasteiger partial charge in [0, 0.05) is 0 Å². The molecule has 3 unspecified atom stereocenters. The average Bonchev–Trinajstić information content (AvgIpc) is 3.35. The van der Waals surface area contributed by atoms with Gasteiger partial charge in [0.2, 0.25) is 5.91 Å². The minimum Gasteiger partial charge on any atom is -0.394 e. The molecule has 4 N–H and O–H groups in total. The van der Waals surface area contributed by atoms with Gasteiger partial charge < -0.3 is 20.6 Å². The molecule has 0 aromatic carbocycles. The van der Waals surface area contributed by atoms with Crippen LogP contribution in [0.3, 0.4) is 0 Å². The third-order valence-corrected chi connectivity index (χ3v) is 15.7. The fraction of sp³-hybridized carbons (Fsp3) is 0.984. The van der Waals surface area contributed by atoms with Gasteiger partial charge in [0.25, 0.3) is 0 Å². The van der Waals surface area contributed by atoms with E-state index in [1.807, 2.05) is 0 Å². The Bertz CT molecular complexity index is 944. The lowest BCUT2D eigenvalue weighted by Gasteiger charge is -2.23. The summed E-state index contributed by atoms with van der Waals surface area (Å²) in [5.41, 5.74) is 0. The zero-order chi connectivity index (χ0) is 50.0. The van der Waals surface area contributed by atoms with Crippen LogP contribution in [0.2, 0.25) is 0 Å². The van der Waals surface area contributed by atoms with Gasteiger partial charge in [-0.2, -0.15) is 0 Å². The van der Waals surface area contributed by atoms with E-state index in [4.69, 9.17) is 0 Å². The van der Waals surface area contributed by atoms with E-state index in [1.54, 1.807) is 0 Å². The number of hydrogen-bond acceptors (Lipinski definition) is 4. The smallest absolute Gasteiger partial charge is 0.249 e. The van der Waals surface area contributed by atoms with E-state index < -0.39 is 24.2 Å². The maximum atomic E-state index is 12.6. The van der Waals surface area contributed by atoms with E-state index in [0.717, 1.165) is 32.1 Å². The minimum atomic E-state index is -1.07. The fourth-order valence-electron chi connectivity index (χ4n) is 10.7. The first-order chi connectivity index (χ1) is 34.1. The van der Waals surface area contributed by atoms with Crippen LogP contribution in [0.1, 0.15) is 380 Å². The molecule has 1 amide bonds. The number of carbonyl (C=O) groups is 1. The fourth-order valence-corrected chi connectivity index (χ4v) is 10.7. The van der Waals surface area contributed by atoms with Crippen LogP contribution < -0.4 is 5.32 Å². The first-order valence-corrected chi connectivity index (χ1v) is 32.3. The molecule has 0 heterocycles. The molecule has 0 rings (SSSR count). The maximum absolute atomic E-state index is 12.6. The average molecular weight is 977 g/mol. The number of unbranched alkanes of at least 4 members (excludes halogenated alkanes) is 53. The molecule has 0 bridgehead atoms. The Kier molecular flexibility index (Phi) is 59.3. The summed E-state index contributed by atoms with van der Waals surface area (Å²) in [6.07, 6.45) is 74.8. The van der Waals surface area contributed by atoms with E-state index >= 15 is 0 Å². The third kappa shape index (κ3) is 54.9. The van der Waals surface area contributed by atoms with Crippen molar-refractivity contribution < 1.29 is 20.1 Å². The predicted octanol–water partition coefficient (Wildman–Crippen LogP) is 20.5. The summed E-state index contributed by atoms with van der Waals surface area (Å²) >= 11 is 0. The first-order valence-electron chi connectivity index (χ1n) is 32.3. The van der Waals surface area contributed by atoms with E-state index in [1.165, 1.54) is 321 Å². The van der Waals surface area contributed by atoms with Crippen molar-refractivity contribution in [1.82, 2.24) is 5.32 Å². The third-order valence-electron chi connectivity index (χ3n) is 15.7. The van der Waals surface area contributed by atoms with Crippen molar-refractivity contribution in [2.24, 2.45) is 0 Å². The summed E-state index contributed by atoms with van der Waals surface area (Å²) in [4.78, 5) is 12.6. The molecule has 0 aromatic rings. The predicted molar refractivity (Wildman–Crippen MR) is 306 cm³/mol. The van der Waals surface area contributed by atoms with E-state index in [0.29, 0.717) is 12.8 Å². The molecule has 414 valence electrons. The number of hydrogen-bond donors (Lipinski definition) is 4. The molecule has 0 saturated carbocycles. The first kappa shape index (κ1) is 68.4. The number of aliphatic hydroxyl groups is 3. The van der Waals surface area contributed by atoms with Crippen molar-refractivity contribution in [3.63, 3.8) is 0 Å². The quantitative estimate of drug-likeness (QED) is 0.0457. The van der Waals surface area contributed by atoms with E-state index in [2.05, 4.69) is 19.2 Å². The molecule has 0 fully saturated rings. The molecule has 0 saturated heterocycles. The monoisotopic (exact) mass is 976 g/mol. The zero-order valence-electron chi connectivity index (χ0n) is 47.5. The largest absolute Gasteiger partial charge is 0.394 e. The summed E-state index contributed by atoms with van der Waals surface area (Å²) in [6, 6.07) is -0.708. The molecular formula is C64H129NO4. The molecule has 0 aromatic heterocycles. The molecule has 0 aliphatic carbocycles. The second-order valence-corrected chi connectivity index (χ2v) is 22.7. The summed E-state index contributed by atoms with van der Waals surface area (Å²) in [6.45, 7) is 4.29. The van der Waals surface area contributed by atoms with Crippen LogP contribution in [-0.4, -0.2) is 46.1 Å². The molecule has 0 aliphatic rings. The van der Waals surface area contributed by atoms with Gasteiger partial charge in [-0.05, 0) is 12.8 Å². The van der Waals surface area contributed by atoms with Gasteiger partial charge in [0.15, 0.2) is 0 Å². The molecular weight excluding hydrogens is 847 g/mol. The molecule has 5 heteroatoms. The highest BCUT2D eigenvalue weighted by Gasteiger charge is 2.23. The molecule has 0 aliphatic heterocycles. The maximum Gasteiger partial charge on any atom is 0.249 e. The zero-order valence-corrected chi connectivity index (χ0v) is 47.5.